The van der Waals surface area contributed by atoms with Gasteiger partial charge >= 0.3 is 0 Å². The number of hydrogen-bond donors (Lipinski definition) is 2. The fourth-order valence-electron chi connectivity index (χ4n) is 1.64. The fourth-order valence-corrected chi connectivity index (χ4v) is 1.64. The summed E-state index contributed by atoms with van der Waals surface area (Å²) < 4.78 is 16.6. The molecule has 1 aromatic rings. The van der Waals surface area contributed by atoms with Gasteiger partial charge in [-0.15, -0.1) is 0 Å². The van der Waals surface area contributed by atoms with Gasteiger partial charge in [-0.2, -0.15) is 0 Å². The van der Waals surface area contributed by atoms with Gasteiger partial charge in [-0.1, -0.05) is 19.0 Å². The molecule has 0 saturated heterocycles. The van der Waals surface area contributed by atoms with Crippen molar-refractivity contribution in [3.63, 3.8) is 0 Å². The predicted octanol–water partition coefficient (Wildman–Crippen LogP) is 2.23. The van der Waals surface area contributed by atoms with E-state index in [1.807, 2.05) is 6.92 Å². The molecule has 118 valence electrons. The third-order valence-electron chi connectivity index (χ3n) is 2.58. The first kappa shape index (κ1) is 17.1. The SMILES string of the molecule is CCOc1cc(/C(N)=N/O)ccc1OCCOCC(C)C. The molecule has 0 aromatic heterocycles. The maximum atomic E-state index is 8.70. The van der Waals surface area contributed by atoms with E-state index in [1.54, 1.807) is 18.2 Å². The topological polar surface area (TPSA) is 86.3 Å². The van der Waals surface area contributed by atoms with E-state index in [1.165, 1.54) is 0 Å². The Bertz CT molecular complexity index is 461. The molecule has 0 aliphatic rings. The molecule has 0 radical (unpaired) electrons. The molecule has 1 rings (SSSR count). The molecule has 0 heterocycles. The lowest BCUT2D eigenvalue weighted by Crippen LogP contribution is -2.14. The van der Waals surface area contributed by atoms with Crippen molar-refractivity contribution in [3.8, 4) is 11.5 Å². The van der Waals surface area contributed by atoms with Crippen molar-refractivity contribution in [1.29, 1.82) is 0 Å². The van der Waals surface area contributed by atoms with Crippen molar-refractivity contribution in [2.75, 3.05) is 26.4 Å². The molecular formula is C15H24N2O4. The molecule has 6 heteroatoms. The molecule has 0 aliphatic heterocycles. The summed E-state index contributed by atoms with van der Waals surface area (Å²) in [6.45, 7) is 8.25. The predicted molar refractivity (Wildman–Crippen MR) is 81.3 cm³/mol. The first-order chi connectivity index (χ1) is 10.1. The second-order valence-electron chi connectivity index (χ2n) is 4.90. The van der Waals surface area contributed by atoms with Gasteiger partial charge in [-0.3, -0.25) is 0 Å². The van der Waals surface area contributed by atoms with Gasteiger partial charge in [-0.25, -0.2) is 0 Å². The Hall–Kier alpha value is -1.95. The Morgan fingerprint density at radius 2 is 2.00 bits per heavy atom. The van der Waals surface area contributed by atoms with Crippen LogP contribution in [0.2, 0.25) is 0 Å². The molecule has 0 saturated carbocycles. The minimum Gasteiger partial charge on any atom is -0.490 e. The minimum atomic E-state index is 0.0303. The smallest absolute Gasteiger partial charge is 0.170 e. The third kappa shape index (κ3) is 5.91. The maximum Gasteiger partial charge on any atom is 0.170 e. The van der Waals surface area contributed by atoms with Crippen LogP contribution in [0.4, 0.5) is 0 Å². The molecule has 1 aromatic carbocycles. The maximum absolute atomic E-state index is 8.70. The summed E-state index contributed by atoms with van der Waals surface area (Å²) in [4.78, 5) is 0. The van der Waals surface area contributed by atoms with Crippen LogP contribution in [-0.2, 0) is 4.74 Å². The molecule has 0 spiro atoms. The standard InChI is InChI=1S/C15H24N2O4/c1-4-20-14-9-12(15(16)17-18)5-6-13(14)21-8-7-19-10-11(2)3/h5-6,9,11,18H,4,7-8,10H2,1-3H3,(H2,16,17). The number of oxime groups is 1. The van der Waals surface area contributed by atoms with Crippen molar-refractivity contribution in [1.82, 2.24) is 0 Å². The molecule has 3 N–H and O–H groups in total. The van der Waals surface area contributed by atoms with Gasteiger partial charge in [-0.05, 0) is 31.0 Å². The van der Waals surface area contributed by atoms with E-state index in [0.29, 0.717) is 49.4 Å². The van der Waals surface area contributed by atoms with Crippen molar-refractivity contribution in [2.45, 2.75) is 20.8 Å². The van der Waals surface area contributed by atoms with E-state index in [4.69, 9.17) is 25.2 Å². The van der Waals surface area contributed by atoms with Gasteiger partial charge < -0.3 is 25.2 Å². The first-order valence-electron chi connectivity index (χ1n) is 7.03. The number of rotatable bonds is 9. The summed E-state index contributed by atoms with van der Waals surface area (Å²) in [6.07, 6.45) is 0. The third-order valence-corrected chi connectivity index (χ3v) is 2.58. The quantitative estimate of drug-likeness (QED) is 0.240. The first-order valence-corrected chi connectivity index (χ1v) is 7.03. The Kier molecular flexibility index (Phi) is 7.39. The molecule has 0 aliphatic carbocycles. The average molecular weight is 296 g/mol. The van der Waals surface area contributed by atoms with Gasteiger partial charge in [0.1, 0.15) is 6.61 Å². The van der Waals surface area contributed by atoms with E-state index in [2.05, 4.69) is 19.0 Å². The van der Waals surface area contributed by atoms with Crippen LogP contribution in [0, 0.1) is 5.92 Å². The highest BCUT2D eigenvalue weighted by Crippen LogP contribution is 2.28. The van der Waals surface area contributed by atoms with Crippen molar-refractivity contribution < 1.29 is 19.4 Å². The number of nitrogens with two attached hydrogens (primary N) is 1. The summed E-state index contributed by atoms with van der Waals surface area (Å²) in [5.41, 5.74) is 6.13. The lowest BCUT2D eigenvalue weighted by molar-refractivity contribution is 0.0808. The number of nitrogens with zero attached hydrogens (tertiary/aromatic N) is 1. The monoisotopic (exact) mass is 296 g/mol. The van der Waals surface area contributed by atoms with Crippen LogP contribution in [0.5, 0.6) is 11.5 Å². The molecule has 6 nitrogen and oxygen atoms in total. The Morgan fingerprint density at radius 3 is 2.62 bits per heavy atom. The molecule has 0 amide bonds. The lowest BCUT2D eigenvalue weighted by atomic mass is 10.2. The molecular weight excluding hydrogens is 272 g/mol. The average Bonchev–Trinajstić information content (AvgIpc) is 2.47. The number of hydrogen-bond acceptors (Lipinski definition) is 5. The lowest BCUT2D eigenvalue weighted by Gasteiger charge is -2.13. The van der Waals surface area contributed by atoms with Crippen LogP contribution in [0.1, 0.15) is 26.3 Å². The van der Waals surface area contributed by atoms with Gasteiger partial charge in [0, 0.05) is 12.2 Å². The van der Waals surface area contributed by atoms with Crippen LogP contribution in [-0.4, -0.2) is 37.5 Å². The van der Waals surface area contributed by atoms with Crippen LogP contribution in [0.15, 0.2) is 23.4 Å². The number of amidine groups is 1. The summed E-state index contributed by atoms with van der Waals surface area (Å²) in [6, 6.07) is 5.13. The highest BCUT2D eigenvalue weighted by atomic mass is 16.5. The summed E-state index contributed by atoms with van der Waals surface area (Å²) in [5.74, 6) is 1.71. The molecule has 0 fully saturated rings. The van der Waals surface area contributed by atoms with Crippen LogP contribution in [0.3, 0.4) is 0 Å². The normalized spacial score (nSPS) is 11.7. The second kappa shape index (κ2) is 9.07. The van der Waals surface area contributed by atoms with Crippen LogP contribution < -0.4 is 15.2 Å². The van der Waals surface area contributed by atoms with Gasteiger partial charge in [0.2, 0.25) is 0 Å². The van der Waals surface area contributed by atoms with Crippen molar-refractivity contribution in [3.05, 3.63) is 23.8 Å². The Labute approximate surface area is 125 Å². The van der Waals surface area contributed by atoms with E-state index < -0.39 is 0 Å². The van der Waals surface area contributed by atoms with E-state index >= 15 is 0 Å². The summed E-state index contributed by atoms with van der Waals surface area (Å²) in [5, 5.41) is 11.7. The van der Waals surface area contributed by atoms with Gasteiger partial charge in [0.05, 0.1) is 13.2 Å². The molecule has 0 atom stereocenters. The zero-order valence-corrected chi connectivity index (χ0v) is 12.8. The van der Waals surface area contributed by atoms with Gasteiger partial charge in [0.15, 0.2) is 17.3 Å². The van der Waals surface area contributed by atoms with Gasteiger partial charge in [0.25, 0.3) is 0 Å². The van der Waals surface area contributed by atoms with Crippen LogP contribution in [0.25, 0.3) is 0 Å². The number of ether oxygens (including phenoxy) is 3. The number of benzene rings is 1. The molecule has 0 bridgehead atoms. The van der Waals surface area contributed by atoms with Crippen molar-refractivity contribution in [2.24, 2.45) is 16.8 Å². The fraction of sp³-hybridized carbons (Fsp3) is 0.533. The van der Waals surface area contributed by atoms with Crippen molar-refractivity contribution >= 4 is 5.84 Å². The largest absolute Gasteiger partial charge is 0.490 e. The Morgan fingerprint density at radius 1 is 1.24 bits per heavy atom. The highest BCUT2D eigenvalue weighted by Gasteiger charge is 2.09. The highest BCUT2D eigenvalue weighted by molar-refractivity contribution is 5.97. The Balaban J connectivity index is 2.64. The zero-order valence-electron chi connectivity index (χ0n) is 12.8. The van der Waals surface area contributed by atoms with E-state index in [9.17, 15) is 0 Å². The zero-order chi connectivity index (χ0) is 15.7. The molecule has 21 heavy (non-hydrogen) atoms. The minimum absolute atomic E-state index is 0.0303. The summed E-state index contributed by atoms with van der Waals surface area (Å²) >= 11 is 0. The molecule has 0 unspecified atom stereocenters. The van der Waals surface area contributed by atoms with Crippen LogP contribution >= 0.6 is 0 Å². The second-order valence-corrected chi connectivity index (χ2v) is 4.90. The summed E-state index contributed by atoms with van der Waals surface area (Å²) in [7, 11) is 0. The van der Waals surface area contributed by atoms with E-state index in [0.717, 1.165) is 0 Å². The van der Waals surface area contributed by atoms with E-state index in [-0.39, 0.29) is 5.84 Å².